The highest BCUT2D eigenvalue weighted by molar-refractivity contribution is 6.35. The standard InChI is InChI=1S/C15H18Cl2N4/c1-2-3-4-5-18-14-9-15(20-10-19-14)21-13-7-11(16)6-12(17)8-13/h6-10H,2-5H2,1H3,(H2,18,19,20,21). The second-order valence-corrected chi connectivity index (χ2v) is 5.58. The van der Waals surface area contributed by atoms with E-state index in [0.29, 0.717) is 15.9 Å². The molecule has 0 aliphatic rings. The summed E-state index contributed by atoms with van der Waals surface area (Å²) in [7, 11) is 0. The molecule has 4 nitrogen and oxygen atoms in total. The number of unbranched alkanes of at least 4 members (excludes halogenated alkanes) is 2. The molecule has 1 aromatic heterocycles. The number of nitrogens with one attached hydrogen (secondary N) is 2. The summed E-state index contributed by atoms with van der Waals surface area (Å²) in [5.41, 5.74) is 0.795. The van der Waals surface area contributed by atoms with Gasteiger partial charge in [0.2, 0.25) is 0 Å². The first-order chi connectivity index (χ1) is 10.2. The van der Waals surface area contributed by atoms with Crippen LogP contribution in [0.1, 0.15) is 26.2 Å². The number of anilines is 3. The average Bonchev–Trinajstić information content (AvgIpc) is 2.43. The maximum atomic E-state index is 5.98. The molecule has 2 rings (SSSR count). The van der Waals surface area contributed by atoms with Crippen molar-refractivity contribution in [2.24, 2.45) is 0 Å². The van der Waals surface area contributed by atoms with Gasteiger partial charge < -0.3 is 10.6 Å². The lowest BCUT2D eigenvalue weighted by Crippen LogP contribution is -2.04. The van der Waals surface area contributed by atoms with Gasteiger partial charge in [-0.25, -0.2) is 9.97 Å². The monoisotopic (exact) mass is 324 g/mol. The number of hydrogen-bond acceptors (Lipinski definition) is 4. The van der Waals surface area contributed by atoms with Crippen LogP contribution in [0.25, 0.3) is 0 Å². The second-order valence-electron chi connectivity index (χ2n) is 4.71. The molecule has 6 heteroatoms. The molecule has 0 aliphatic carbocycles. The van der Waals surface area contributed by atoms with Crippen molar-refractivity contribution in [3.8, 4) is 0 Å². The number of rotatable bonds is 7. The van der Waals surface area contributed by atoms with E-state index in [1.807, 2.05) is 6.07 Å². The molecule has 0 saturated carbocycles. The summed E-state index contributed by atoms with van der Waals surface area (Å²) in [5.74, 6) is 1.50. The minimum atomic E-state index is 0.581. The lowest BCUT2D eigenvalue weighted by Gasteiger charge is -2.09. The zero-order chi connectivity index (χ0) is 15.1. The van der Waals surface area contributed by atoms with E-state index in [1.165, 1.54) is 19.2 Å². The topological polar surface area (TPSA) is 49.8 Å². The highest BCUT2D eigenvalue weighted by Crippen LogP contribution is 2.25. The van der Waals surface area contributed by atoms with Gasteiger partial charge in [-0.2, -0.15) is 0 Å². The first-order valence-electron chi connectivity index (χ1n) is 6.96. The van der Waals surface area contributed by atoms with E-state index in [2.05, 4.69) is 27.5 Å². The Morgan fingerprint density at radius 3 is 2.38 bits per heavy atom. The fraction of sp³-hybridized carbons (Fsp3) is 0.333. The summed E-state index contributed by atoms with van der Waals surface area (Å²) in [6.45, 7) is 3.09. The van der Waals surface area contributed by atoms with Crippen molar-refractivity contribution in [2.45, 2.75) is 26.2 Å². The van der Waals surface area contributed by atoms with E-state index < -0.39 is 0 Å². The van der Waals surface area contributed by atoms with Gasteiger partial charge in [-0.1, -0.05) is 43.0 Å². The van der Waals surface area contributed by atoms with Crippen LogP contribution in [0.2, 0.25) is 10.0 Å². The third kappa shape index (κ3) is 5.40. The number of halogens is 2. The van der Waals surface area contributed by atoms with Gasteiger partial charge in [-0.15, -0.1) is 0 Å². The Balaban J connectivity index is 2.00. The number of benzene rings is 1. The minimum Gasteiger partial charge on any atom is -0.370 e. The molecule has 1 heterocycles. The molecule has 112 valence electrons. The summed E-state index contributed by atoms with van der Waals surface area (Å²) in [6, 6.07) is 7.14. The Morgan fingerprint density at radius 1 is 0.952 bits per heavy atom. The highest BCUT2D eigenvalue weighted by atomic mass is 35.5. The van der Waals surface area contributed by atoms with E-state index in [4.69, 9.17) is 23.2 Å². The second kappa shape index (κ2) is 8.05. The summed E-state index contributed by atoms with van der Waals surface area (Å²) in [6.07, 6.45) is 5.07. The maximum Gasteiger partial charge on any atom is 0.135 e. The van der Waals surface area contributed by atoms with Crippen LogP contribution in [-0.2, 0) is 0 Å². The van der Waals surface area contributed by atoms with Crippen molar-refractivity contribution in [1.82, 2.24) is 9.97 Å². The number of hydrogen-bond donors (Lipinski definition) is 2. The zero-order valence-electron chi connectivity index (χ0n) is 11.9. The Morgan fingerprint density at radius 2 is 1.67 bits per heavy atom. The third-order valence-electron chi connectivity index (χ3n) is 2.89. The SMILES string of the molecule is CCCCCNc1cc(Nc2cc(Cl)cc(Cl)c2)ncn1. The molecular formula is C15H18Cl2N4. The normalized spacial score (nSPS) is 10.4. The Hall–Kier alpha value is -1.52. The van der Waals surface area contributed by atoms with Crippen LogP contribution in [0, 0.1) is 0 Å². The predicted octanol–water partition coefficient (Wildman–Crippen LogP) is 5.13. The smallest absolute Gasteiger partial charge is 0.135 e. The molecule has 2 N–H and O–H groups in total. The van der Waals surface area contributed by atoms with Gasteiger partial charge in [0.1, 0.15) is 18.0 Å². The van der Waals surface area contributed by atoms with Crippen molar-refractivity contribution in [1.29, 1.82) is 0 Å². The van der Waals surface area contributed by atoms with Crippen molar-refractivity contribution in [3.63, 3.8) is 0 Å². The van der Waals surface area contributed by atoms with Gasteiger partial charge in [0, 0.05) is 28.3 Å². The van der Waals surface area contributed by atoms with E-state index in [1.54, 1.807) is 18.2 Å². The molecule has 1 aromatic carbocycles. The molecule has 0 bridgehead atoms. The molecule has 0 spiro atoms. The van der Waals surface area contributed by atoms with E-state index in [-0.39, 0.29) is 0 Å². The van der Waals surface area contributed by atoms with Crippen molar-refractivity contribution in [2.75, 3.05) is 17.2 Å². The lowest BCUT2D eigenvalue weighted by molar-refractivity contribution is 0.742. The summed E-state index contributed by atoms with van der Waals surface area (Å²) in [4.78, 5) is 8.39. The molecule has 0 radical (unpaired) electrons. The van der Waals surface area contributed by atoms with E-state index in [0.717, 1.165) is 24.5 Å². The first-order valence-corrected chi connectivity index (χ1v) is 7.72. The fourth-order valence-corrected chi connectivity index (χ4v) is 2.41. The van der Waals surface area contributed by atoms with Crippen LogP contribution in [0.15, 0.2) is 30.6 Å². The predicted molar refractivity (Wildman–Crippen MR) is 89.8 cm³/mol. The van der Waals surface area contributed by atoms with Crippen molar-refractivity contribution in [3.05, 3.63) is 40.6 Å². The number of nitrogens with zero attached hydrogens (tertiary/aromatic N) is 2. The van der Waals surface area contributed by atoms with Gasteiger partial charge in [-0.05, 0) is 24.6 Å². The lowest BCUT2D eigenvalue weighted by atomic mass is 10.2. The van der Waals surface area contributed by atoms with Gasteiger partial charge in [-0.3, -0.25) is 0 Å². The van der Waals surface area contributed by atoms with Crippen LogP contribution in [0.3, 0.4) is 0 Å². The molecule has 0 fully saturated rings. The fourth-order valence-electron chi connectivity index (χ4n) is 1.89. The Labute approximate surface area is 134 Å². The van der Waals surface area contributed by atoms with Gasteiger partial charge in [0.25, 0.3) is 0 Å². The Kier molecular flexibility index (Phi) is 6.08. The van der Waals surface area contributed by atoms with Gasteiger partial charge in [0.05, 0.1) is 0 Å². The molecule has 0 saturated heterocycles. The van der Waals surface area contributed by atoms with Crippen molar-refractivity contribution >= 4 is 40.5 Å². The largest absolute Gasteiger partial charge is 0.370 e. The quantitative estimate of drug-likeness (QED) is 0.693. The molecule has 0 aliphatic heterocycles. The molecule has 0 amide bonds. The average molecular weight is 325 g/mol. The van der Waals surface area contributed by atoms with Crippen LogP contribution >= 0.6 is 23.2 Å². The summed E-state index contributed by atoms with van der Waals surface area (Å²) < 4.78 is 0. The van der Waals surface area contributed by atoms with Crippen LogP contribution in [0.5, 0.6) is 0 Å². The maximum absolute atomic E-state index is 5.98. The summed E-state index contributed by atoms with van der Waals surface area (Å²) in [5, 5.41) is 7.61. The van der Waals surface area contributed by atoms with Crippen LogP contribution in [-0.4, -0.2) is 16.5 Å². The molecule has 0 unspecified atom stereocenters. The first kappa shape index (κ1) is 15.9. The molecule has 2 aromatic rings. The van der Waals surface area contributed by atoms with Crippen LogP contribution < -0.4 is 10.6 Å². The van der Waals surface area contributed by atoms with E-state index >= 15 is 0 Å². The van der Waals surface area contributed by atoms with Crippen LogP contribution in [0.4, 0.5) is 17.3 Å². The summed E-state index contributed by atoms with van der Waals surface area (Å²) >= 11 is 12.0. The molecule has 21 heavy (non-hydrogen) atoms. The highest BCUT2D eigenvalue weighted by Gasteiger charge is 2.02. The number of aromatic nitrogens is 2. The van der Waals surface area contributed by atoms with Crippen molar-refractivity contribution < 1.29 is 0 Å². The van der Waals surface area contributed by atoms with E-state index in [9.17, 15) is 0 Å². The Bertz CT molecular complexity index is 569. The zero-order valence-corrected chi connectivity index (χ0v) is 13.4. The molecule has 0 atom stereocenters. The van der Waals surface area contributed by atoms with Gasteiger partial charge in [0.15, 0.2) is 0 Å². The van der Waals surface area contributed by atoms with Gasteiger partial charge >= 0.3 is 0 Å². The molecular weight excluding hydrogens is 307 g/mol. The minimum absolute atomic E-state index is 0.581. The third-order valence-corrected chi connectivity index (χ3v) is 3.32.